The van der Waals surface area contributed by atoms with Crippen LogP contribution in [0.3, 0.4) is 0 Å². The van der Waals surface area contributed by atoms with E-state index in [1.54, 1.807) is 17.6 Å². The summed E-state index contributed by atoms with van der Waals surface area (Å²) in [6, 6.07) is 13.7. The van der Waals surface area contributed by atoms with Gasteiger partial charge in [0.05, 0.1) is 0 Å². The van der Waals surface area contributed by atoms with Crippen LogP contribution < -0.4 is 3.27 Å². The van der Waals surface area contributed by atoms with Crippen LogP contribution in [0, 0.1) is 0 Å². The van der Waals surface area contributed by atoms with Crippen molar-refractivity contribution in [2.45, 2.75) is 26.2 Å². The van der Waals surface area contributed by atoms with E-state index in [1.807, 2.05) is 0 Å². The van der Waals surface area contributed by atoms with Crippen LogP contribution in [0.15, 0.2) is 60.7 Å². The van der Waals surface area contributed by atoms with Crippen LogP contribution in [0.2, 0.25) is 0 Å². The van der Waals surface area contributed by atoms with Gasteiger partial charge in [0, 0.05) is 0 Å². The van der Waals surface area contributed by atoms with Gasteiger partial charge in [-0.15, -0.1) is 0 Å². The van der Waals surface area contributed by atoms with Crippen molar-refractivity contribution in [2.75, 3.05) is 0 Å². The van der Waals surface area contributed by atoms with Crippen molar-refractivity contribution in [1.29, 1.82) is 0 Å². The van der Waals surface area contributed by atoms with Gasteiger partial charge in [0.25, 0.3) is 0 Å². The van der Waals surface area contributed by atoms with E-state index in [2.05, 4.69) is 74.5 Å². The summed E-state index contributed by atoms with van der Waals surface area (Å²) in [5, 5.41) is 0. The zero-order chi connectivity index (χ0) is 15.1. The summed E-state index contributed by atoms with van der Waals surface area (Å²) < 4.78 is 3.37. The van der Waals surface area contributed by atoms with Gasteiger partial charge >= 0.3 is 144 Å². The van der Waals surface area contributed by atoms with E-state index in [4.69, 9.17) is 0 Å². The molecule has 0 aliphatic heterocycles. The van der Waals surface area contributed by atoms with E-state index in [1.165, 1.54) is 16.7 Å². The molecule has 0 saturated carbocycles. The van der Waals surface area contributed by atoms with E-state index in [0.29, 0.717) is 5.92 Å². The van der Waals surface area contributed by atoms with Crippen molar-refractivity contribution in [2.24, 2.45) is 0 Å². The predicted molar refractivity (Wildman–Crippen MR) is 91.7 cm³/mol. The third-order valence-corrected chi connectivity index (χ3v) is 7.80. The predicted octanol–water partition coefficient (Wildman–Crippen LogP) is 4.39. The topological polar surface area (TPSA) is 0 Å². The molecule has 2 aromatic carbocycles. The first kappa shape index (κ1) is 14.3. The van der Waals surface area contributed by atoms with Gasteiger partial charge in [0.2, 0.25) is 0 Å². The van der Waals surface area contributed by atoms with E-state index < -0.39 is 22.8 Å². The van der Waals surface area contributed by atoms with Gasteiger partial charge in [-0.2, -0.15) is 0 Å². The number of allylic oxidation sites excluding steroid dienone is 4. The van der Waals surface area contributed by atoms with Crippen molar-refractivity contribution in [3.8, 4) is 11.1 Å². The van der Waals surface area contributed by atoms with Crippen molar-refractivity contribution in [3.05, 3.63) is 77.4 Å². The van der Waals surface area contributed by atoms with Crippen LogP contribution >= 0.6 is 0 Å². The molecular formula is C21H19Zr. The Kier molecular flexibility index (Phi) is 3.70. The third-order valence-electron chi connectivity index (χ3n) is 4.50. The second kappa shape index (κ2) is 5.71. The van der Waals surface area contributed by atoms with Crippen LogP contribution in [-0.4, -0.2) is 3.21 Å². The van der Waals surface area contributed by atoms with Gasteiger partial charge in [-0.25, -0.2) is 0 Å². The molecule has 0 radical (unpaired) electrons. The first-order valence-corrected chi connectivity index (χ1v) is 10.4. The van der Waals surface area contributed by atoms with E-state index in [-0.39, 0.29) is 0 Å². The van der Waals surface area contributed by atoms with E-state index in [9.17, 15) is 0 Å². The SMILES string of the molecule is C[C](C)=[Zr][c]1c(C2C=CC=C2)ccc2c1Cc1ccccc1-2. The Morgan fingerprint density at radius 1 is 0.955 bits per heavy atom. The van der Waals surface area contributed by atoms with Crippen molar-refractivity contribution >= 4 is 6.48 Å². The quantitative estimate of drug-likeness (QED) is 0.634. The molecule has 4 rings (SSSR count). The summed E-state index contributed by atoms with van der Waals surface area (Å²) >= 11 is -0.644. The first-order valence-electron chi connectivity index (χ1n) is 7.90. The molecule has 0 aromatic heterocycles. The Hall–Kier alpha value is -1.33. The maximum absolute atomic E-state index is 2.39. The normalized spacial score (nSPS) is 14.8. The van der Waals surface area contributed by atoms with E-state index in [0.717, 1.165) is 6.42 Å². The number of rotatable bonds is 2. The number of benzene rings is 2. The molecule has 2 aliphatic rings. The molecular weight excluding hydrogens is 343 g/mol. The van der Waals surface area contributed by atoms with Gasteiger partial charge in [0.1, 0.15) is 0 Å². The monoisotopic (exact) mass is 361 g/mol. The standard InChI is InChI=1S/C18H13.C3H6.Zr/c1-2-6-13(5-1)14-9-10-18-16(11-14)12-15-7-3-4-8-17(15)18;1-3-2;/h1-10,13H,12H2;1-2H3;. The van der Waals surface area contributed by atoms with Crippen LogP contribution in [-0.2, 0) is 29.2 Å². The Bertz CT molecular complexity index is 821. The number of hydrogen-bond acceptors (Lipinski definition) is 0. The van der Waals surface area contributed by atoms with Crippen LogP contribution in [0.1, 0.15) is 36.5 Å². The number of fused-ring (bicyclic) bond motifs is 3. The van der Waals surface area contributed by atoms with Crippen molar-refractivity contribution < 1.29 is 22.8 Å². The minimum atomic E-state index is -0.644. The van der Waals surface area contributed by atoms with Gasteiger partial charge in [-0.3, -0.25) is 0 Å². The molecule has 0 unspecified atom stereocenters. The molecule has 1 heteroatoms. The summed E-state index contributed by atoms with van der Waals surface area (Å²) in [6.45, 7) is 4.63. The van der Waals surface area contributed by atoms with Gasteiger partial charge in [-0.1, -0.05) is 0 Å². The number of hydrogen-bond donors (Lipinski definition) is 0. The molecule has 0 bridgehead atoms. The molecule has 0 N–H and O–H groups in total. The average Bonchev–Trinajstić information content (AvgIpc) is 3.14. The molecule has 2 aromatic rings. The first-order chi connectivity index (χ1) is 10.7. The van der Waals surface area contributed by atoms with Crippen LogP contribution in [0.4, 0.5) is 0 Å². The fourth-order valence-electron chi connectivity index (χ4n) is 3.54. The van der Waals surface area contributed by atoms with Gasteiger partial charge in [-0.05, 0) is 0 Å². The van der Waals surface area contributed by atoms with Gasteiger partial charge in [0.15, 0.2) is 0 Å². The zero-order valence-electron chi connectivity index (χ0n) is 13.1. The summed E-state index contributed by atoms with van der Waals surface area (Å²) in [5.74, 6) is 0.490. The van der Waals surface area contributed by atoms with Crippen molar-refractivity contribution in [3.63, 3.8) is 0 Å². The minimum absolute atomic E-state index is 0.490. The Morgan fingerprint density at radius 3 is 2.50 bits per heavy atom. The molecule has 0 atom stereocenters. The molecule has 0 amide bonds. The van der Waals surface area contributed by atoms with Crippen LogP contribution in [0.5, 0.6) is 0 Å². The molecule has 0 nitrogen and oxygen atoms in total. The summed E-state index contributed by atoms with van der Waals surface area (Å²) in [7, 11) is 0. The van der Waals surface area contributed by atoms with E-state index >= 15 is 0 Å². The summed E-state index contributed by atoms with van der Waals surface area (Å²) in [6.07, 6.45) is 10.2. The molecule has 107 valence electrons. The molecule has 0 saturated heterocycles. The van der Waals surface area contributed by atoms with Crippen molar-refractivity contribution in [1.82, 2.24) is 0 Å². The fraction of sp³-hybridized carbons (Fsp3) is 0.190. The maximum atomic E-state index is 2.39. The van der Waals surface area contributed by atoms with Gasteiger partial charge < -0.3 is 0 Å². The van der Waals surface area contributed by atoms with Crippen LogP contribution in [0.25, 0.3) is 11.1 Å². The Morgan fingerprint density at radius 2 is 1.73 bits per heavy atom. The zero-order valence-corrected chi connectivity index (χ0v) is 15.5. The second-order valence-electron chi connectivity index (χ2n) is 6.31. The third kappa shape index (κ3) is 2.36. The Balaban J connectivity index is 1.94. The molecule has 22 heavy (non-hydrogen) atoms. The molecule has 0 fully saturated rings. The molecule has 0 spiro atoms. The average molecular weight is 363 g/mol. The second-order valence-corrected chi connectivity index (χ2v) is 10.6. The molecule has 0 heterocycles. The molecule has 2 aliphatic carbocycles. The fourth-order valence-corrected chi connectivity index (χ4v) is 6.66. The summed E-state index contributed by atoms with van der Waals surface area (Å²) in [4.78, 5) is 0. The Labute approximate surface area is 143 Å². The summed E-state index contributed by atoms with van der Waals surface area (Å²) in [5.41, 5.74) is 7.63.